The summed E-state index contributed by atoms with van der Waals surface area (Å²) in [5.41, 5.74) is 8.31. The fraction of sp³-hybridized carbons (Fsp3) is 0.407. The molecule has 0 saturated carbocycles. The Kier molecular flexibility index (Phi) is 9.36. The zero-order chi connectivity index (χ0) is 28.9. The molecule has 0 saturated heterocycles. The molecule has 0 bridgehead atoms. The molecule has 0 aliphatic carbocycles. The predicted octanol–water partition coefficient (Wildman–Crippen LogP) is 4.62. The van der Waals surface area contributed by atoms with Crippen LogP contribution in [-0.2, 0) is 36.5 Å². The van der Waals surface area contributed by atoms with Crippen LogP contribution in [0.3, 0.4) is 0 Å². The smallest absolute Gasteiger partial charge is 0.459 e. The second kappa shape index (κ2) is 12.7. The van der Waals surface area contributed by atoms with Crippen molar-refractivity contribution >= 4 is 41.5 Å². The first-order valence-corrected chi connectivity index (χ1v) is 14.6. The van der Waals surface area contributed by atoms with Crippen LogP contribution in [0.15, 0.2) is 48.8 Å². The lowest BCUT2D eigenvalue weighted by Crippen LogP contribution is -2.37. The molecule has 0 aliphatic rings. The Balaban J connectivity index is 1.68. The lowest BCUT2D eigenvalue weighted by atomic mass is 10.2. The van der Waals surface area contributed by atoms with Gasteiger partial charge in [0.2, 0.25) is 0 Å². The lowest BCUT2D eigenvalue weighted by Gasteiger charge is -2.26. The predicted molar refractivity (Wildman–Crippen MR) is 152 cm³/mol. The Morgan fingerprint density at radius 3 is 2.60 bits per heavy atom. The number of nitrogens with one attached hydrogen (secondary N) is 1. The molecule has 4 aromatic rings. The Bertz CT molecular complexity index is 1510. The van der Waals surface area contributed by atoms with Gasteiger partial charge >= 0.3 is 13.7 Å². The van der Waals surface area contributed by atoms with Crippen LogP contribution in [0.2, 0.25) is 0 Å². The first-order valence-electron chi connectivity index (χ1n) is 13.1. The minimum absolute atomic E-state index is 0.213. The van der Waals surface area contributed by atoms with Crippen molar-refractivity contribution in [3.8, 4) is 5.75 Å². The summed E-state index contributed by atoms with van der Waals surface area (Å²) in [4.78, 5) is 25.7. The molecular weight excluding hydrogens is 535 g/mol. The number of hydrogen-bond donors (Lipinski definition) is 2. The molecule has 3 atom stereocenters. The van der Waals surface area contributed by atoms with Crippen LogP contribution >= 0.6 is 7.75 Å². The minimum atomic E-state index is -4.12. The molecule has 0 aliphatic heterocycles. The number of anilines is 1. The molecular formula is C27H35N6O6P. The van der Waals surface area contributed by atoms with Crippen molar-refractivity contribution in [2.75, 3.05) is 12.3 Å². The Morgan fingerprint density at radius 2 is 1.90 bits per heavy atom. The summed E-state index contributed by atoms with van der Waals surface area (Å²) >= 11 is 0. The van der Waals surface area contributed by atoms with Crippen molar-refractivity contribution in [3.63, 3.8) is 0 Å². The Morgan fingerprint density at radius 1 is 1.12 bits per heavy atom. The van der Waals surface area contributed by atoms with Crippen molar-refractivity contribution in [3.05, 3.63) is 54.6 Å². The van der Waals surface area contributed by atoms with Crippen molar-refractivity contribution in [2.24, 2.45) is 0 Å². The van der Waals surface area contributed by atoms with Gasteiger partial charge < -0.3 is 24.3 Å². The molecule has 1 aromatic carbocycles. The number of fused-ring (bicyclic) bond motifs is 3. The minimum Gasteiger partial charge on any atom is -0.462 e. The average molecular weight is 571 g/mol. The van der Waals surface area contributed by atoms with Crippen LogP contribution in [0.4, 0.5) is 5.82 Å². The fourth-order valence-electron chi connectivity index (χ4n) is 4.17. The van der Waals surface area contributed by atoms with E-state index in [2.05, 4.69) is 15.1 Å². The second-order valence-corrected chi connectivity index (χ2v) is 11.2. The number of carbonyl (C=O) groups is 1. The van der Waals surface area contributed by atoms with Gasteiger partial charge in [0.15, 0.2) is 5.82 Å². The van der Waals surface area contributed by atoms with E-state index in [1.54, 1.807) is 39.1 Å². The third-order valence-corrected chi connectivity index (χ3v) is 7.59. The quantitative estimate of drug-likeness (QED) is 0.171. The number of rotatable bonds is 13. The van der Waals surface area contributed by atoms with Gasteiger partial charge in [-0.05, 0) is 52.8 Å². The number of para-hydroxylation sites is 1. The van der Waals surface area contributed by atoms with Crippen LogP contribution < -0.4 is 15.3 Å². The number of carbonyl (C=O) groups excluding carboxylic acids is 1. The molecule has 0 amide bonds. The van der Waals surface area contributed by atoms with Crippen LogP contribution in [-0.4, -0.2) is 50.3 Å². The summed E-state index contributed by atoms with van der Waals surface area (Å²) in [5.74, 6) is 0.533. The Hall–Kier alpha value is -3.57. The SMILES string of the molecule is CCOCc1nc2c(N)nc3ccccc3c2n1C[C@H](C)O[P@](=O)(N[C@@H](C)C(=O)OC(C)C)Oc1cccnc1. The van der Waals surface area contributed by atoms with Gasteiger partial charge in [0, 0.05) is 18.2 Å². The fourth-order valence-corrected chi connectivity index (χ4v) is 5.84. The maximum atomic E-state index is 14.0. The van der Waals surface area contributed by atoms with Crippen LogP contribution in [0.1, 0.15) is 40.4 Å². The lowest BCUT2D eigenvalue weighted by molar-refractivity contribution is -0.149. The van der Waals surface area contributed by atoms with E-state index in [0.717, 1.165) is 16.4 Å². The first kappa shape index (κ1) is 29.4. The molecule has 13 heteroatoms. The highest BCUT2D eigenvalue weighted by Crippen LogP contribution is 2.46. The van der Waals surface area contributed by atoms with Gasteiger partial charge in [-0.3, -0.25) is 14.3 Å². The first-order chi connectivity index (χ1) is 19.1. The molecule has 40 heavy (non-hydrogen) atoms. The summed E-state index contributed by atoms with van der Waals surface area (Å²) in [5, 5.41) is 3.57. The Labute approximate surface area is 232 Å². The van der Waals surface area contributed by atoms with Crippen LogP contribution in [0.25, 0.3) is 21.9 Å². The third kappa shape index (κ3) is 6.95. The molecule has 3 N–H and O–H groups in total. The highest BCUT2D eigenvalue weighted by molar-refractivity contribution is 7.52. The maximum Gasteiger partial charge on any atom is 0.459 e. The summed E-state index contributed by atoms with van der Waals surface area (Å²) < 4.78 is 38.7. The van der Waals surface area contributed by atoms with Gasteiger partial charge in [0.25, 0.3) is 0 Å². The van der Waals surface area contributed by atoms with Gasteiger partial charge in [-0.1, -0.05) is 18.2 Å². The van der Waals surface area contributed by atoms with Crippen molar-refractivity contribution in [1.82, 2.24) is 24.6 Å². The second-order valence-electron chi connectivity index (χ2n) is 9.52. The number of nitrogen functional groups attached to an aromatic ring is 1. The average Bonchev–Trinajstić information content (AvgIpc) is 3.26. The van der Waals surface area contributed by atoms with E-state index in [1.165, 1.54) is 13.1 Å². The topological polar surface area (TPSA) is 153 Å². The van der Waals surface area contributed by atoms with Gasteiger partial charge in [-0.25, -0.2) is 14.5 Å². The number of hydrogen-bond acceptors (Lipinski definition) is 10. The maximum absolute atomic E-state index is 14.0. The normalized spacial score (nSPS) is 14.8. The van der Waals surface area contributed by atoms with E-state index >= 15 is 0 Å². The van der Waals surface area contributed by atoms with Gasteiger partial charge in [-0.15, -0.1) is 0 Å². The molecule has 0 radical (unpaired) electrons. The molecule has 0 spiro atoms. The molecule has 3 heterocycles. The number of nitrogens with two attached hydrogens (primary N) is 1. The highest BCUT2D eigenvalue weighted by atomic mass is 31.2. The number of aromatic nitrogens is 4. The zero-order valence-corrected chi connectivity index (χ0v) is 24.1. The van der Waals surface area contributed by atoms with E-state index < -0.39 is 25.9 Å². The standard InChI is InChI=1S/C27H35N6O6P/c1-6-36-16-23-31-24-25(21-11-7-8-12-22(21)30-26(24)28)33(23)15-18(4)38-40(35,39-20-10-9-13-29-14-20)32-19(5)27(34)37-17(2)3/h7-14,17-19H,6,15-16H2,1-5H3,(H2,28,30)(H,32,35)/t18-,19-,40+/m0/s1. The summed E-state index contributed by atoms with van der Waals surface area (Å²) in [6, 6.07) is 9.88. The van der Waals surface area contributed by atoms with E-state index in [0.29, 0.717) is 23.8 Å². The number of ether oxygens (including phenoxy) is 2. The van der Waals surface area contributed by atoms with Crippen molar-refractivity contribution in [1.29, 1.82) is 0 Å². The van der Waals surface area contributed by atoms with Crippen molar-refractivity contribution < 1.29 is 27.9 Å². The number of esters is 1. The summed E-state index contributed by atoms with van der Waals surface area (Å²) in [6.07, 6.45) is 1.94. The monoisotopic (exact) mass is 570 g/mol. The summed E-state index contributed by atoms with van der Waals surface area (Å²) in [6.45, 7) is 9.58. The number of imidazole rings is 1. The largest absolute Gasteiger partial charge is 0.462 e. The molecule has 214 valence electrons. The highest BCUT2D eigenvalue weighted by Gasteiger charge is 2.35. The molecule has 0 fully saturated rings. The van der Waals surface area contributed by atoms with E-state index in [-0.39, 0.29) is 25.0 Å². The molecule has 4 rings (SSSR count). The van der Waals surface area contributed by atoms with Crippen LogP contribution in [0.5, 0.6) is 5.75 Å². The van der Waals surface area contributed by atoms with E-state index in [4.69, 9.17) is 29.2 Å². The molecule has 3 aromatic heterocycles. The van der Waals surface area contributed by atoms with Gasteiger partial charge in [-0.2, -0.15) is 5.09 Å². The van der Waals surface area contributed by atoms with Gasteiger partial charge in [0.1, 0.15) is 29.7 Å². The van der Waals surface area contributed by atoms with Crippen LogP contribution in [0, 0.1) is 0 Å². The molecule has 12 nitrogen and oxygen atoms in total. The third-order valence-electron chi connectivity index (χ3n) is 5.80. The molecule has 0 unspecified atom stereocenters. The number of pyridine rings is 2. The van der Waals surface area contributed by atoms with E-state index in [1.807, 2.05) is 35.8 Å². The van der Waals surface area contributed by atoms with Gasteiger partial charge in [0.05, 0.1) is 36.0 Å². The number of nitrogens with zero attached hydrogens (tertiary/aromatic N) is 4. The zero-order valence-electron chi connectivity index (χ0n) is 23.2. The number of benzene rings is 1. The van der Waals surface area contributed by atoms with Crippen molar-refractivity contribution in [2.45, 2.75) is 66.0 Å². The summed E-state index contributed by atoms with van der Waals surface area (Å²) in [7, 11) is -4.12. The van der Waals surface area contributed by atoms with E-state index in [9.17, 15) is 9.36 Å².